The number of carbonyl (C=O) groups excluding carboxylic acids is 1. The third kappa shape index (κ3) is 7.16. The van der Waals surface area contributed by atoms with Crippen LogP contribution < -0.4 is 0 Å². The van der Waals surface area contributed by atoms with Gasteiger partial charge in [-0.05, 0) is 6.72 Å². The Bertz CT molecular complexity index is 206. The van der Waals surface area contributed by atoms with Crippen LogP contribution in [0.5, 0.6) is 0 Å². The van der Waals surface area contributed by atoms with Gasteiger partial charge in [-0.25, -0.2) is 11.1 Å². The largest absolute Gasteiger partial charge is 2.00 e. The van der Waals surface area contributed by atoms with Crippen LogP contribution in [0.3, 0.4) is 0 Å². The average molecular weight is 502 g/mol. The van der Waals surface area contributed by atoms with Crippen molar-refractivity contribution in [1.82, 2.24) is 0 Å². The quantitative estimate of drug-likeness (QED) is 0.327. The molecule has 0 fully saturated rings. The van der Waals surface area contributed by atoms with Crippen LogP contribution in [0.4, 0.5) is 0 Å². The van der Waals surface area contributed by atoms with Gasteiger partial charge in [-0.2, -0.15) is 0 Å². The number of amides is 1. The van der Waals surface area contributed by atoms with Gasteiger partial charge in [0.2, 0.25) is 0 Å². The average Bonchev–Trinajstić information content (AvgIpc) is 2.03. The Morgan fingerprint density at radius 3 is 2.83 bits per heavy atom. The second-order valence-corrected chi connectivity index (χ2v) is 2.07. The zero-order valence-corrected chi connectivity index (χ0v) is 12.4. The van der Waals surface area contributed by atoms with E-state index in [9.17, 15) is 4.79 Å². The maximum atomic E-state index is 10.5. The molecule has 0 radical (unpaired) electrons. The molecule has 6 heteroatoms. The molecular formula is C6H5IN2O2U. The van der Waals surface area contributed by atoms with Crippen LogP contribution in [0.25, 0.3) is 5.41 Å². The third-order valence-corrected chi connectivity index (χ3v) is 1.05. The summed E-state index contributed by atoms with van der Waals surface area (Å²) in [7, 11) is 0. The Morgan fingerprint density at radius 2 is 2.42 bits per heavy atom. The van der Waals surface area contributed by atoms with E-state index in [1.807, 2.05) is 0 Å². The summed E-state index contributed by atoms with van der Waals surface area (Å²) in [5.41, 5.74) is -0.492. The van der Waals surface area contributed by atoms with Crippen LogP contribution in [0.15, 0.2) is 11.1 Å². The Hall–Kier alpha value is 0.492. The molecule has 0 spiro atoms. The van der Waals surface area contributed by atoms with Crippen molar-refractivity contribution < 1.29 is 39.0 Å². The van der Waals surface area contributed by atoms with Crippen LogP contribution in [-0.4, -0.2) is 24.9 Å². The zero-order chi connectivity index (χ0) is 8.69. The van der Waals surface area contributed by atoms with Gasteiger partial charge in [-0.3, -0.25) is 16.6 Å². The molecule has 0 aromatic heterocycles. The second-order valence-electron chi connectivity index (χ2n) is 1.45. The van der Waals surface area contributed by atoms with Gasteiger partial charge in [0.25, 0.3) is 0 Å². The molecular weight excluding hydrogens is 497 g/mol. The van der Waals surface area contributed by atoms with E-state index in [-0.39, 0.29) is 37.7 Å². The van der Waals surface area contributed by atoms with Gasteiger partial charge in [0.05, 0.1) is 0 Å². The molecule has 0 atom stereocenters. The normalized spacial score (nSPS) is 9.08. The molecule has 0 saturated heterocycles. The van der Waals surface area contributed by atoms with Crippen molar-refractivity contribution in [3.63, 3.8) is 0 Å². The third-order valence-electron chi connectivity index (χ3n) is 0.739. The van der Waals surface area contributed by atoms with Gasteiger partial charge >= 0.3 is 31.1 Å². The first kappa shape index (κ1) is 15.0. The van der Waals surface area contributed by atoms with Crippen molar-refractivity contribution in [2.75, 3.05) is 6.61 Å². The second kappa shape index (κ2) is 9.58. The Balaban J connectivity index is 0. The van der Waals surface area contributed by atoms with Crippen LogP contribution >= 0.6 is 23.0 Å². The van der Waals surface area contributed by atoms with Crippen molar-refractivity contribution in [2.24, 2.45) is 4.99 Å². The van der Waals surface area contributed by atoms with Gasteiger partial charge < -0.3 is 8.48 Å². The van der Waals surface area contributed by atoms with Crippen molar-refractivity contribution in [3.05, 3.63) is 17.6 Å². The maximum absolute atomic E-state index is 10.5. The van der Waals surface area contributed by atoms with E-state index in [1.54, 1.807) is 23.0 Å². The van der Waals surface area contributed by atoms with E-state index in [4.69, 9.17) is 5.41 Å². The fourth-order valence-corrected chi connectivity index (χ4v) is 0.492. The van der Waals surface area contributed by atoms with Crippen molar-refractivity contribution in [3.8, 4) is 0 Å². The summed E-state index contributed by atoms with van der Waals surface area (Å²) in [5.74, 6) is -0.772. The molecule has 4 nitrogen and oxygen atoms in total. The summed E-state index contributed by atoms with van der Waals surface area (Å²) >= 11 is 1.67. The van der Waals surface area contributed by atoms with Crippen molar-refractivity contribution in [2.45, 2.75) is 0 Å². The first-order chi connectivity index (χ1) is 5.22. The molecule has 0 saturated carbocycles. The summed E-state index contributed by atoms with van der Waals surface area (Å²) in [6.45, 7) is 3.15. The maximum Gasteiger partial charge on any atom is 2.00 e. The minimum atomic E-state index is -0.772. The van der Waals surface area contributed by atoms with E-state index in [1.165, 1.54) is 0 Å². The number of hydrogen-bond acceptors (Lipinski definition) is 2. The van der Waals surface area contributed by atoms with Crippen molar-refractivity contribution in [1.29, 1.82) is 0 Å². The predicted octanol–water partition coefficient (Wildman–Crippen LogP) is 0.950. The molecule has 0 heterocycles. The summed E-state index contributed by atoms with van der Waals surface area (Å²) in [5, 5.41) is 8.80. The summed E-state index contributed by atoms with van der Waals surface area (Å²) in [4.78, 5) is 13.5. The van der Waals surface area contributed by atoms with Gasteiger partial charge in [0, 0.05) is 6.61 Å². The molecule has 0 rings (SSSR count). The zero-order valence-electron chi connectivity index (χ0n) is 6.08. The predicted molar refractivity (Wildman–Crippen MR) is 50.7 cm³/mol. The Kier molecular flexibility index (Phi) is 12.0. The van der Waals surface area contributed by atoms with E-state index in [0.29, 0.717) is 0 Å². The summed E-state index contributed by atoms with van der Waals surface area (Å²) < 4.78 is 4.55. The summed E-state index contributed by atoms with van der Waals surface area (Å²) in [6, 6.07) is 0. The van der Waals surface area contributed by atoms with E-state index in [0.717, 1.165) is 6.08 Å². The van der Waals surface area contributed by atoms with Crippen LogP contribution in [-0.2, 0) is 7.86 Å². The van der Waals surface area contributed by atoms with Crippen molar-refractivity contribution >= 4 is 41.3 Å². The molecule has 0 aliphatic heterocycles. The topological polar surface area (TPSA) is 61.0 Å². The number of halogens is 1. The molecule has 62 valence electrons. The number of aliphatic imine (C=N–C) groups is 1. The van der Waals surface area contributed by atoms with Crippen LogP contribution in [0.2, 0.25) is 0 Å². The fraction of sp³-hybridized carbons (Fsp3) is 0.167. The minimum absolute atomic E-state index is 0. The fourth-order valence-electron chi connectivity index (χ4n) is 0.313. The molecule has 0 unspecified atom stereocenters. The molecule has 0 bridgehead atoms. The Morgan fingerprint density at radius 1 is 1.83 bits per heavy atom. The first-order valence-corrected chi connectivity index (χ1v) is 3.47. The van der Waals surface area contributed by atoms with E-state index < -0.39 is 11.6 Å². The van der Waals surface area contributed by atoms with Crippen LogP contribution in [0.1, 0.15) is 0 Å². The van der Waals surface area contributed by atoms with Crippen LogP contribution in [0, 0.1) is 37.2 Å². The molecule has 0 N–H and O–H groups in total. The molecule has 1 amide bonds. The first-order valence-electron chi connectivity index (χ1n) is 2.59. The van der Waals surface area contributed by atoms with Gasteiger partial charge in [0.15, 0.2) is 5.91 Å². The number of hydrogen-bond donors (Lipinski definition) is 0. The van der Waals surface area contributed by atoms with E-state index >= 15 is 0 Å². The standard InChI is InChI=1S/C6H5IN2O2.U/c1-9-6(10)5(8)3-2-4-11-7;/h3H,1,4H2;/q-2;+2. The number of rotatable bonds is 4. The smallest absolute Gasteiger partial charge is 0.900 e. The molecule has 0 aromatic rings. The molecule has 12 heavy (non-hydrogen) atoms. The Labute approximate surface area is 108 Å². The van der Waals surface area contributed by atoms with Gasteiger partial charge in [-0.15, -0.1) is 0 Å². The molecule has 0 aliphatic rings. The number of carbonyl (C=O) groups is 1. The SMILES string of the molecule is C=NC(=O)C(=[N-])C=[C-]COI.[U+2]. The molecule has 0 aliphatic carbocycles. The minimum Gasteiger partial charge on any atom is -0.900 e. The van der Waals surface area contributed by atoms with Gasteiger partial charge in [-0.1, -0.05) is 0 Å². The monoisotopic (exact) mass is 502 g/mol. The molecule has 0 aromatic carbocycles. The summed E-state index contributed by atoms with van der Waals surface area (Å²) in [6.07, 6.45) is 3.59. The number of nitrogens with zero attached hydrogens (tertiary/aromatic N) is 2. The van der Waals surface area contributed by atoms with E-state index in [2.05, 4.69) is 20.9 Å². The van der Waals surface area contributed by atoms with Gasteiger partial charge in [0.1, 0.15) is 23.0 Å².